The van der Waals surface area contributed by atoms with E-state index in [0.29, 0.717) is 35.8 Å². The number of carbonyl (C=O) groups is 2. The number of sulfonamides is 1. The van der Waals surface area contributed by atoms with Crippen molar-refractivity contribution in [2.75, 3.05) is 49.5 Å². The van der Waals surface area contributed by atoms with Gasteiger partial charge in [0.05, 0.1) is 11.3 Å². The molecule has 0 fully saturated rings. The smallest absolute Gasteiger partial charge is 0.338 e. The van der Waals surface area contributed by atoms with Crippen LogP contribution in [0.5, 0.6) is 5.75 Å². The molecule has 0 bridgehead atoms. The van der Waals surface area contributed by atoms with Gasteiger partial charge in [0.25, 0.3) is 15.9 Å². The molecule has 3 rings (SSSR count). The third kappa shape index (κ3) is 7.78. The minimum Gasteiger partial charge on any atom is -0.484 e. The van der Waals surface area contributed by atoms with Gasteiger partial charge in [0.15, 0.2) is 6.61 Å². The number of rotatable bonds is 13. The molecule has 0 aliphatic heterocycles. The van der Waals surface area contributed by atoms with E-state index in [0.717, 1.165) is 24.4 Å². The molecule has 0 saturated heterocycles. The minimum absolute atomic E-state index is 0.238. The molecule has 198 valence electrons. The maximum atomic E-state index is 12.6. The van der Waals surface area contributed by atoms with E-state index < -0.39 is 16.0 Å². The molecular weight excluding hydrogens is 514 g/mol. The van der Waals surface area contributed by atoms with Crippen LogP contribution in [0, 0.1) is 0 Å². The first-order valence-corrected chi connectivity index (χ1v) is 14.1. The van der Waals surface area contributed by atoms with Crippen LogP contribution >= 0.6 is 11.3 Å². The summed E-state index contributed by atoms with van der Waals surface area (Å²) in [6, 6.07) is 16.1. The summed E-state index contributed by atoms with van der Waals surface area (Å²) in [5.41, 5.74) is 1.39. The number of hydrogen-bond acceptors (Lipinski definition) is 8. The normalized spacial score (nSPS) is 11.2. The van der Waals surface area contributed by atoms with Crippen LogP contribution in [0.25, 0.3) is 0 Å². The fraction of sp³-hybridized carbons (Fsp3) is 0.308. The zero-order chi connectivity index (χ0) is 26.8. The summed E-state index contributed by atoms with van der Waals surface area (Å²) in [5, 5.41) is 4.42. The van der Waals surface area contributed by atoms with E-state index >= 15 is 0 Å². The number of carbonyl (C=O) groups excluding carboxylic acids is 2. The van der Waals surface area contributed by atoms with Crippen molar-refractivity contribution in [1.29, 1.82) is 0 Å². The second-order valence-corrected chi connectivity index (χ2v) is 11.1. The third-order valence-corrected chi connectivity index (χ3v) is 8.78. The Morgan fingerprint density at radius 2 is 1.65 bits per heavy atom. The molecule has 0 saturated carbocycles. The van der Waals surface area contributed by atoms with E-state index in [1.807, 2.05) is 0 Å². The first-order valence-electron chi connectivity index (χ1n) is 11.8. The van der Waals surface area contributed by atoms with Crippen LogP contribution in [-0.2, 0) is 19.6 Å². The number of hydrogen-bond donors (Lipinski definition) is 1. The Hall–Kier alpha value is -3.41. The number of ether oxygens (including phenoxy) is 2. The molecule has 11 heteroatoms. The summed E-state index contributed by atoms with van der Waals surface area (Å²) in [4.78, 5) is 26.6. The average Bonchev–Trinajstić information content (AvgIpc) is 3.46. The number of esters is 1. The van der Waals surface area contributed by atoms with Crippen LogP contribution in [0.3, 0.4) is 0 Å². The topological polar surface area (TPSA) is 105 Å². The van der Waals surface area contributed by atoms with Crippen LogP contribution < -0.4 is 14.4 Å². The fourth-order valence-corrected chi connectivity index (χ4v) is 5.72. The van der Waals surface area contributed by atoms with Gasteiger partial charge in [0.1, 0.15) is 16.6 Å². The lowest BCUT2D eigenvalue weighted by Gasteiger charge is -2.18. The highest BCUT2D eigenvalue weighted by molar-refractivity contribution is 7.94. The van der Waals surface area contributed by atoms with Gasteiger partial charge in [0.2, 0.25) is 0 Å². The van der Waals surface area contributed by atoms with Crippen molar-refractivity contribution in [2.24, 2.45) is 0 Å². The van der Waals surface area contributed by atoms with Crippen LogP contribution in [0.1, 0.15) is 24.2 Å². The summed E-state index contributed by atoms with van der Waals surface area (Å²) < 4.78 is 37.6. The van der Waals surface area contributed by atoms with E-state index in [2.05, 4.69) is 24.1 Å². The number of likely N-dealkylation sites (N-methyl/N-ethyl adjacent to an activating group) is 1. The third-order valence-electron chi connectivity index (χ3n) is 5.62. The molecule has 0 radical (unpaired) electrons. The maximum absolute atomic E-state index is 12.6. The molecule has 3 aromatic rings. The van der Waals surface area contributed by atoms with Crippen LogP contribution in [0.15, 0.2) is 70.3 Å². The number of benzene rings is 2. The van der Waals surface area contributed by atoms with E-state index in [-0.39, 0.29) is 16.7 Å². The zero-order valence-electron chi connectivity index (χ0n) is 21.0. The predicted molar refractivity (Wildman–Crippen MR) is 145 cm³/mol. The quantitative estimate of drug-likeness (QED) is 0.323. The molecule has 0 spiro atoms. The number of amides is 1. The Balaban J connectivity index is 1.46. The molecular formula is C26H31N3O6S2. The number of nitrogens with zero attached hydrogens (tertiary/aromatic N) is 2. The maximum Gasteiger partial charge on any atom is 0.338 e. The van der Waals surface area contributed by atoms with Gasteiger partial charge in [-0.05, 0) is 73.1 Å². The molecule has 0 aliphatic carbocycles. The zero-order valence-corrected chi connectivity index (χ0v) is 22.7. The van der Waals surface area contributed by atoms with E-state index in [1.165, 1.54) is 11.4 Å². The molecule has 0 aliphatic rings. The molecule has 9 nitrogen and oxygen atoms in total. The summed E-state index contributed by atoms with van der Waals surface area (Å²) in [5.74, 6) is -0.370. The highest BCUT2D eigenvalue weighted by Crippen LogP contribution is 2.26. The Labute approximate surface area is 221 Å². The lowest BCUT2D eigenvalue weighted by molar-refractivity contribution is -0.118. The van der Waals surface area contributed by atoms with Gasteiger partial charge in [-0.25, -0.2) is 13.2 Å². The van der Waals surface area contributed by atoms with Crippen molar-refractivity contribution in [2.45, 2.75) is 18.1 Å². The molecule has 0 unspecified atom stereocenters. The SMILES string of the molecule is CCN(CC)CCOC(=O)c1ccc(NC(=O)COc2ccc(N(C)S(=O)(=O)c3cccs3)cc2)cc1. The van der Waals surface area contributed by atoms with Crippen molar-refractivity contribution in [1.82, 2.24) is 4.90 Å². The first-order chi connectivity index (χ1) is 17.7. The van der Waals surface area contributed by atoms with Crippen LogP contribution in [-0.4, -0.2) is 65.1 Å². The predicted octanol–water partition coefficient (Wildman–Crippen LogP) is 4.09. The molecule has 1 heterocycles. The number of thiophene rings is 1. The molecule has 0 atom stereocenters. The Kier molecular flexibility index (Phi) is 10.1. The van der Waals surface area contributed by atoms with E-state index in [4.69, 9.17) is 9.47 Å². The van der Waals surface area contributed by atoms with Crippen LogP contribution in [0.2, 0.25) is 0 Å². The van der Waals surface area contributed by atoms with Gasteiger partial charge in [0, 0.05) is 19.3 Å². The monoisotopic (exact) mass is 545 g/mol. The van der Waals surface area contributed by atoms with Gasteiger partial charge >= 0.3 is 5.97 Å². The molecule has 1 N–H and O–H groups in total. The molecule has 2 aromatic carbocycles. The standard InChI is InChI=1S/C26H31N3O6S2/c1-4-29(5-2)16-17-34-26(31)20-8-10-21(11-9-20)27-24(30)19-35-23-14-12-22(13-15-23)28(3)37(32,33)25-7-6-18-36-25/h6-15,18H,4-5,16-17,19H2,1-3H3,(H,27,30). The van der Waals surface area contributed by atoms with Crippen molar-refractivity contribution in [3.8, 4) is 5.75 Å². The summed E-state index contributed by atoms with van der Waals surface area (Å²) in [7, 11) is -2.14. The van der Waals surface area contributed by atoms with Gasteiger partial charge in [-0.3, -0.25) is 9.10 Å². The van der Waals surface area contributed by atoms with E-state index in [9.17, 15) is 18.0 Å². The lowest BCUT2D eigenvalue weighted by atomic mass is 10.2. The van der Waals surface area contributed by atoms with Crippen molar-refractivity contribution in [3.63, 3.8) is 0 Å². The Morgan fingerprint density at radius 1 is 0.973 bits per heavy atom. The Bertz CT molecular complexity index is 1260. The number of anilines is 2. The fourth-order valence-electron chi connectivity index (χ4n) is 3.36. The summed E-state index contributed by atoms with van der Waals surface area (Å²) >= 11 is 1.15. The summed E-state index contributed by atoms with van der Waals surface area (Å²) in [6.45, 7) is 6.67. The lowest BCUT2D eigenvalue weighted by Crippen LogP contribution is -2.27. The van der Waals surface area contributed by atoms with Gasteiger partial charge in [-0.15, -0.1) is 11.3 Å². The molecule has 1 amide bonds. The minimum atomic E-state index is -3.63. The largest absolute Gasteiger partial charge is 0.484 e. The van der Waals surface area contributed by atoms with Gasteiger partial charge < -0.3 is 19.7 Å². The Morgan fingerprint density at radius 3 is 2.24 bits per heavy atom. The van der Waals surface area contributed by atoms with Crippen molar-refractivity contribution in [3.05, 3.63) is 71.6 Å². The second kappa shape index (κ2) is 13.2. The first kappa shape index (κ1) is 28.2. The summed E-state index contributed by atoms with van der Waals surface area (Å²) in [6.07, 6.45) is 0. The average molecular weight is 546 g/mol. The molecule has 37 heavy (non-hydrogen) atoms. The second-order valence-electron chi connectivity index (χ2n) is 7.98. The van der Waals surface area contributed by atoms with Gasteiger partial charge in [-0.1, -0.05) is 19.9 Å². The van der Waals surface area contributed by atoms with Gasteiger partial charge in [-0.2, -0.15) is 0 Å². The van der Waals surface area contributed by atoms with Crippen molar-refractivity contribution < 1.29 is 27.5 Å². The van der Waals surface area contributed by atoms with E-state index in [1.54, 1.807) is 66.0 Å². The van der Waals surface area contributed by atoms with Crippen molar-refractivity contribution >= 4 is 44.6 Å². The highest BCUT2D eigenvalue weighted by Gasteiger charge is 2.22. The van der Waals surface area contributed by atoms with Crippen LogP contribution in [0.4, 0.5) is 11.4 Å². The number of nitrogens with one attached hydrogen (secondary N) is 1. The highest BCUT2D eigenvalue weighted by atomic mass is 32.2. The molecule has 1 aromatic heterocycles.